The molecule has 1 aromatic carbocycles. The lowest BCUT2D eigenvalue weighted by atomic mass is 10.1. The van der Waals surface area contributed by atoms with E-state index in [-0.39, 0.29) is 5.69 Å². The molecule has 0 aliphatic carbocycles. The van der Waals surface area contributed by atoms with Crippen molar-refractivity contribution >= 4 is 11.8 Å². The summed E-state index contributed by atoms with van der Waals surface area (Å²) < 4.78 is 0. The van der Waals surface area contributed by atoms with Crippen LogP contribution in [0, 0.1) is 10.1 Å². The third-order valence-corrected chi connectivity index (χ3v) is 2.48. The maximum Gasteiger partial charge on any atom is 0.269 e. The maximum absolute atomic E-state index is 10.6. The number of nitro benzene ring substituents is 1. The zero-order chi connectivity index (χ0) is 13.0. The second kappa shape index (κ2) is 5.23. The maximum atomic E-state index is 10.6. The van der Waals surface area contributed by atoms with E-state index in [0.29, 0.717) is 0 Å². The number of rotatable bonds is 3. The first kappa shape index (κ1) is 12.0. The molecular formula is C14H12N2O2. The molecule has 0 aliphatic heterocycles. The molecule has 0 radical (unpaired) electrons. The molecule has 1 heterocycles. The molecule has 90 valence electrons. The first-order valence-corrected chi connectivity index (χ1v) is 5.55. The Kier molecular flexibility index (Phi) is 3.48. The minimum atomic E-state index is -0.409. The number of nitrogens with zero attached hydrogens (tertiary/aromatic N) is 2. The second-order valence-corrected chi connectivity index (χ2v) is 3.75. The third-order valence-electron chi connectivity index (χ3n) is 2.48. The summed E-state index contributed by atoms with van der Waals surface area (Å²) in [5, 5.41) is 10.6. The summed E-state index contributed by atoms with van der Waals surface area (Å²) in [4.78, 5) is 14.6. The highest BCUT2D eigenvalue weighted by Gasteiger charge is 2.05. The Hall–Kier alpha value is -2.49. The minimum absolute atomic E-state index is 0.0864. The summed E-state index contributed by atoms with van der Waals surface area (Å²) in [6.45, 7) is 1.93. The number of nitro groups is 1. The van der Waals surface area contributed by atoms with E-state index in [1.807, 2.05) is 37.3 Å². The van der Waals surface area contributed by atoms with Crippen molar-refractivity contribution in [1.29, 1.82) is 0 Å². The number of benzene rings is 1. The van der Waals surface area contributed by atoms with Crippen LogP contribution < -0.4 is 0 Å². The summed E-state index contributed by atoms with van der Waals surface area (Å²) in [5.74, 6) is 0. The van der Waals surface area contributed by atoms with Crippen molar-refractivity contribution in [2.45, 2.75) is 6.92 Å². The zero-order valence-corrected chi connectivity index (χ0v) is 9.91. The average Bonchev–Trinajstić information content (AvgIpc) is 2.39. The molecule has 0 saturated carbocycles. The van der Waals surface area contributed by atoms with Gasteiger partial charge >= 0.3 is 0 Å². The van der Waals surface area contributed by atoms with E-state index in [1.54, 1.807) is 12.1 Å². The van der Waals surface area contributed by atoms with E-state index in [4.69, 9.17) is 0 Å². The topological polar surface area (TPSA) is 56.0 Å². The molecule has 0 N–H and O–H groups in total. The van der Waals surface area contributed by atoms with Crippen LogP contribution in [0.3, 0.4) is 0 Å². The molecule has 18 heavy (non-hydrogen) atoms. The molecule has 2 aromatic rings. The Balaban J connectivity index is 2.36. The zero-order valence-electron chi connectivity index (χ0n) is 9.91. The predicted octanol–water partition coefficient (Wildman–Crippen LogP) is 3.69. The summed E-state index contributed by atoms with van der Waals surface area (Å²) >= 11 is 0. The fourth-order valence-corrected chi connectivity index (χ4v) is 1.63. The van der Waals surface area contributed by atoms with Crippen molar-refractivity contribution in [3.05, 3.63) is 64.3 Å². The SMILES string of the molecule is C/C=C/c1cccc(-c2ccc([N+](=O)[O-])cc2)n1. The van der Waals surface area contributed by atoms with Crippen LogP contribution in [0.5, 0.6) is 0 Å². The normalized spacial score (nSPS) is 10.7. The van der Waals surface area contributed by atoms with Crippen LogP contribution in [0.2, 0.25) is 0 Å². The smallest absolute Gasteiger partial charge is 0.258 e. The van der Waals surface area contributed by atoms with Gasteiger partial charge in [-0.15, -0.1) is 0 Å². The highest BCUT2D eigenvalue weighted by atomic mass is 16.6. The lowest BCUT2D eigenvalue weighted by Crippen LogP contribution is -1.89. The largest absolute Gasteiger partial charge is 0.269 e. The average molecular weight is 240 g/mol. The van der Waals surface area contributed by atoms with Crippen molar-refractivity contribution in [3.63, 3.8) is 0 Å². The van der Waals surface area contributed by atoms with Crippen LogP contribution in [-0.4, -0.2) is 9.91 Å². The first-order chi connectivity index (χ1) is 8.70. The molecular weight excluding hydrogens is 228 g/mol. The van der Waals surface area contributed by atoms with Crippen molar-refractivity contribution in [3.8, 4) is 11.3 Å². The van der Waals surface area contributed by atoms with Crippen molar-refractivity contribution in [1.82, 2.24) is 4.98 Å². The number of allylic oxidation sites excluding steroid dienone is 1. The van der Waals surface area contributed by atoms with Crippen LogP contribution in [0.4, 0.5) is 5.69 Å². The molecule has 4 nitrogen and oxygen atoms in total. The molecule has 2 rings (SSSR count). The predicted molar refractivity (Wildman–Crippen MR) is 71.0 cm³/mol. The molecule has 0 unspecified atom stereocenters. The monoisotopic (exact) mass is 240 g/mol. The van der Waals surface area contributed by atoms with E-state index in [2.05, 4.69) is 4.98 Å². The quantitative estimate of drug-likeness (QED) is 0.607. The lowest BCUT2D eigenvalue weighted by molar-refractivity contribution is -0.384. The number of aromatic nitrogens is 1. The van der Waals surface area contributed by atoms with E-state index in [9.17, 15) is 10.1 Å². The number of non-ortho nitro benzene ring substituents is 1. The third kappa shape index (κ3) is 2.60. The minimum Gasteiger partial charge on any atom is -0.258 e. The van der Waals surface area contributed by atoms with Gasteiger partial charge in [0.25, 0.3) is 5.69 Å². The molecule has 1 aromatic heterocycles. The van der Waals surface area contributed by atoms with E-state index in [1.165, 1.54) is 12.1 Å². The Morgan fingerprint density at radius 1 is 1.17 bits per heavy atom. The second-order valence-electron chi connectivity index (χ2n) is 3.75. The number of hydrogen-bond acceptors (Lipinski definition) is 3. The summed E-state index contributed by atoms with van der Waals surface area (Å²) in [6, 6.07) is 12.1. The van der Waals surface area contributed by atoms with Crippen molar-refractivity contribution in [2.75, 3.05) is 0 Å². The van der Waals surface area contributed by atoms with Crippen LogP contribution in [0.1, 0.15) is 12.6 Å². The van der Waals surface area contributed by atoms with Gasteiger partial charge in [-0.3, -0.25) is 10.1 Å². The number of pyridine rings is 1. The van der Waals surface area contributed by atoms with Gasteiger partial charge in [0, 0.05) is 17.7 Å². The fraction of sp³-hybridized carbons (Fsp3) is 0.0714. The van der Waals surface area contributed by atoms with E-state index >= 15 is 0 Å². The van der Waals surface area contributed by atoms with Gasteiger partial charge in [0.1, 0.15) is 0 Å². The van der Waals surface area contributed by atoms with Crippen LogP contribution >= 0.6 is 0 Å². The van der Waals surface area contributed by atoms with Gasteiger partial charge in [-0.2, -0.15) is 0 Å². The fourth-order valence-electron chi connectivity index (χ4n) is 1.63. The Labute approximate surface area is 105 Å². The molecule has 0 saturated heterocycles. The summed E-state index contributed by atoms with van der Waals surface area (Å²) in [5.41, 5.74) is 2.63. The van der Waals surface area contributed by atoms with Gasteiger partial charge < -0.3 is 0 Å². The Morgan fingerprint density at radius 3 is 2.50 bits per heavy atom. The molecule has 0 amide bonds. The highest BCUT2D eigenvalue weighted by molar-refractivity contribution is 5.62. The van der Waals surface area contributed by atoms with Crippen LogP contribution in [-0.2, 0) is 0 Å². The molecule has 0 fully saturated rings. The van der Waals surface area contributed by atoms with Gasteiger partial charge in [0.05, 0.1) is 16.3 Å². The van der Waals surface area contributed by atoms with Crippen molar-refractivity contribution < 1.29 is 4.92 Å². The Morgan fingerprint density at radius 2 is 1.89 bits per heavy atom. The first-order valence-electron chi connectivity index (χ1n) is 5.55. The summed E-state index contributed by atoms with van der Waals surface area (Å²) in [7, 11) is 0. The van der Waals surface area contributed by atoms with Gasteiger partial charge in [-0.05, 0) is 37.3 Å². The molecule has 0 spiro atoms. The number of hydrogen-bond donors (Lipinski definition) is 0. The Bertz CT molecular complexity index is 589. The van der Waals surface area contributed by atoms with E-state index < -0.39 is 4.92 Å². The van der Waals surface area contributed by atoms with Gasteiger partial charge in [-0.1, -0.05) is 12.1 Å². The van der Waals surface area contributed by atoms with Gasteiger partial charge in [-0.25, -0.2) is 4.98 Å². The van der Waals surface area contributed by atoms with Crippen LogP contribution in [0.25, 0.3) is 17.3 Å². The standard InChI is InChI=1S/C14H12N2O2/c1-2-4-12-5-3-6-14(15-12)11-7-9-13(10-8-11)16(17)18/h2-10H,1H3/b4-2+. The molecule has 4 heteroatoms. The molecule has 0 bridgehead atoms. The summed E-state index contributed by atoms with van der Waals surface area (Å²) in [6.07, 6.45) is 3.83. The molecule has 0 aliphatic rings. The highest BCUT2D eigenvalue weighted by Crippen LogP contribution is 2.21. The molecule has 0 atom stereocenters. The van der Waals surface area contributed by atoms with Crippen LogP contribution in [0.15, 0.2) is 48.5 Å². The van der Waals surface area contributed by atoms with Gasteiger partial charge in [0.2, 0.25) is 0 Å². The van der Waals surface area contributed by atoms with Crippen molar-refractivity contribution in [2.24, 2.45) is 0 Å². The lowest BCUT2D eigenvalue weighted by Gasteiger charge is -2.01. The van der Waals surface area contributed by atoms with Gasteiger partial charge in [0.15, 0.2) is 0 Å². The van der Waals surface area contributed by atoms with E-state index in [0.717, 1.165) is 17.0 Å².